The van der Waals surface area contributed by atoms with Crippen LogP contribution < -0.4 is 10.3 Å². The Hall–Kier alpha value is -1.95. The normalized spacial score (nSPS) is 12.1. The summed E-state index contributed by atoms with van der Waals surface area (Å²) in [6.07, 6.45) is 0.943. The quantitative estimate of drug-likeness (QED) is 0.680. The number of ether oxygens (including phenoxy) is 1. The predicted octanol–water partition coefficient (Wildman–Crippen LogP) is 2.84. The van der Waals surface area contributed by atoms with E-state index in [-0.39, 0.29) is 11.4 Å². The van der Waals surface area contributed by atoms with Crippen LogP contribution in [0.4, 0.5) is 0 Å². The van der Waals surface area contributed by atoms with Crippen molar-refractivity contribution in [3.63, 3.8) is 0 Å². The van der Waals surface area contributed by atoms with E-state index in [1.165, 1.54) is 16.3 Å². The Morgan fingerprint density at radius 1 is 1.38 bits per heavy atom. The number of aromatic nitrogens is 2. The van der Waals surface area contributed by atoms with E-state index in [1.54, 1.807) is 31.4 Å². The third-order valence-electron chi connectivity index (χ3n) is 3.09. The van der Waals surface area contributed by atoms with Gasteiger partial charge in [0.05, 0.1) is 18.9 Å². The van der Waals surface area contributed by atoms with Gasteiger partial charge in [-0.2, -0.15) is 4.98 Å². The Morgan fingerprint density at radius 2 is 2.05 bits per heavy atom. The lowest BCUT2D eigenvalue weighted by molar-refractivity contribution is 0.414. The third kappa shape index (κ3) is 3.58. The number of hydrogen-bond donors (Lipinski definition) is 1. The topological polar surface area (TPSA) is 64.4 Å². The maximum Gasteiger partial charge on any atom is 0.262 e. The minimum absolute atomic E-state index is 0.254. The first kappa shape index (κ1) is 15.4. The highest BCUT2D eigenvalue weighted by Crippen LogP contribution is 2.26. The molecule has 2 aromatic rings. The molecule has 0 amide bonds. The van der Waals surface area contributed by atoms with Crippen molar-refractivity contribution < 1.29 is 9.84 Å². The molecule has 0 aliphatic heterocycles. The van der Waals surface area contributed by atoms with Crippen LogP contribution in [0.5, 0.6) is 11.6 Å². The Kier molecular flexibility index (Phi) is 4.90. The molecule has 2 rings (SSSR count). The van der Waals surface area contributed by atoms with E-state index in [9.17, 15) is 9.90 Å². The van der Waals surface area contributed by atoms with E-state index < -0.39 is 0 Å². The predicted molar refractivity (Wildman–Crippen MR) is 83.7 cm³/mol. The van der Waals surface area contributed by atoms with Crippen LogP contribution >= 0.6 is 11.8 Å². The van der Waals surface area contributed by atoms with Gasteiger partial charge < -0.3 is 9.84 Å². The molecule has 0 aliphatic rings. The summed E-state index contributed by atoms with van der Waals surface area (Å²) in [6, 6.07) is 8.27. The number of aromatic hydroxyl groups is 1. The van der Waals surface area contributed by atoms with Gasteiger partial charge in [-0.25, -0.2) is 0 Å². The van der Waals surface area contributed by atoms with Crippen molar-refractivity contribution in [1.82, 2.24) is 9.55 Å². The molecule has 0 unspecified atom stereocenters. The van der Waals surface area contributed by atoms with Gasteiger partial charge in [-0.15, -0.1) is 0 Å². The van der Waals surface area contributed by atoms with Gasteiger partial charge >= 0.3 is 0 Å². The van der Waals surface area contributed by atoms with E-state index in [4.69, 9.17) is 4.74 Å². The Morgan fingerprint density at radius 3 is 2.62 bits per heavy atom. The van der Waals surface area contributed by atoms with Crippen molar-refractivity contribution in [3.8, 4) is 17.3 Å². The van der Waals surface area contributed by atoms with Crippen molar-refractivity contribution >= 4 is 11.8 Å². The van der Waals surface area contributed by atoms with Crippen LogP contribution in [0.15, 0.2) is 40.3 Å². The fourth-order valence-electron chi connectivity index (χ4n) is 1.76. The monoisotopic (exact) mass is 306 g/mol. The lowest BCUT2D eigenvalue weighted by Gasteiger charge is -2.14. The maximum atomic E-state index is 12.2. The van der Waals surface area contributed by atoms with Crippen LogP contribution in [0, 0.1) is 0 Å². The van der Waals surface area contributed by atoms with Gasteiger partial charge in [-0.1, -0.05) is 25.6 Å². The highest BCUT2D eigenvalue weighted by Gasteiger charge is 2.13. The smallest absolute Gasteiger partial charge is 0.262 e. The van der Waals surface area contributed by atoms with Gasteiger partial charge in [0, 0.05) is 5.25 Å². The van der Waals surface area contributed by atoms with Crippen LogP contribution in [0.2, 0.25) is 0 Å². The van der Waals surface area contributed by atoms with Gasteiger partial charge in [-0.3, -0.25) is 9.36 Å². The van der Waals surface area contributed by atoms with Crippen LogP contribution in [0.25, 0.3) is 5.69 Å². The lowest BCUT2D eigenvalue weighted by atomic mass is 10.3. The molecule has 1 aromatic heterocycles. The van der Waals surface area contributed by atoms with Crippen molar-refractivity contribution in [2.45, 2.75) is 30.7 Å². The molecule has 1 aromatic carbocycles. The summed E-state index contributed by atoms with van der Waals surface area (Å²) in [6.45, 7) is 4.12. The number of benzene rings is 1. The largest absolute Gasteiger partial charge is 0.497 e. The third-order valence-corrected chi connectivity index (χ3v) is 4.31. The molecule has 1 heterocycles. The highest BCUT2D eigenvalue weighted by molar-refractivity contribution is 7.99. The van der Waals surface area contributed by atoms with E-state index in [2.05, 4.69) is 18.8 Å². The molecule has 112 valence electrons. The second-order valence-electron chi connectivity index (χ2n) is 4.61. The van der Waals surface area contributed by atoms with Crippen molar-refractivity contribution in [3.05, 3.63) is 40.7 Å². The molecular weight excluding hydrogens is 288 g/mol. The summed E-state index contributed by atoms with van der Waals surface area (Å²) in [5, 5.41) is 10.4. The second kappa shape index (κ2) is 6.67. The fraction of sp³-hybridized carbons (Fsp3) is 0.333. The number of methoxy groups -OCH3 is 1. The number of nitrogens with zero attached hydrogens (tertiary/aromatic N) is 2. The molecule has 0 spiro atoms. The second-order valence-corrected chi connectivity index (χ2v) is 6.01. The van der Waals surface area contributed by atoms with Gasteiger partial charge in [0.15, 0.2) is 5.16 Å². The Labute approximate surface area is 127 Å². The molecule has 0 saturated carbocycles. The van der Waals surface area contributed by atoms with Crippen LogP contribution in [-0.2, 0) is 0 Å². The van der Waals surface area contributed by atoms with Crippen LogP contribution in [-0.4, -0.2) is 27.0 Å². The summed E-state index contributed by atoms with van der Waals surface area (Å²) in [5.41, 5.74) is 0.387. The van der Waals surface area contributed by atoms with E-state index in [1.807, 2.05) is 0 Å². The average molecular weight is 306 g/mol. The molecule has 1 N–H and O–H groups in total. The van der Waals surface area contributed by atoms with E-state index >= 15 is 0 Å². The van der Waals surface area contributed by atoms with Gasteiger partial charge in [0.25, 0.3) is 5.56 Å². The molecule has 5 nitrogen and oxygen atoms in total. The van der Waals surface area contributed by atoms with Gasteiger partial charge in [-0.05, 0) is 30.7 Å². The Balaban J connectivity index is 2.52. The Bertz CT molecular complexity index is 668. The molecule has 21 heavy (non-hydrogen) atoms. The minimum Gasteiger partial charge on any atom is -0.497 e. The highest BCUT2D eigenvalue weighted by atomic mass is 32.2. The number of thioether (sulfide) groups is 1. The standard InChI is InChI=1S/C15H18N2O3S/c1-4-10(2)21-15-16-13(18)9-14(19)17(15)11-5-7-12(20-3)8-6-11/h5-10,18H,4H2,1-3H3/t10-/m1/s1. The van der Waals surface area contributed by atoms with Crippen LogP contribution in [0.1, 0.15) is 20.3 Å². The first-order valence-electron chi connectivity index (χ1n) is 6.69. The zero-order valence-corrected chi connectivity index (χ0v) is 13.1. The molecular formula is C15H18N2O3S. The summed E-state index contributed by atoms with van der Waals surface area (Å²) in [7, 11) is 1.59. The van der Waals surface area contributed by atoms with Crippen molar-refractivity contribution in [2.75, 3.05) is 7.11 Å². The molecule has 0 bridgehead atoms. The summed E-state index contributed by atoms with van der Waals surface area (Å²) in [4.78, 5) is 16.3. The number of hydrogen-bond acceptors (Lipinski definition) is 5. The first-order chi connectivity index (χ1) is 10.0. The SMILES string of the molecule is CC[C@@H](C)Sc1nc(O)cc(=O)n1-c1ccc(OC)cc1. The lowest BCUT2D eigenvalue weighted by Crippen LogP contribution is -2.20. The molecule has 1 atom stereocenters. The average Bonchev–Trinajstić information content (AvgIpc) is 2.47. The van der Waals surface area contributed by atoms with Crippen molar-refractivity contribution in [2.24, 2.45) is 0 Å². The summed E-state index contributed by atoms with van der Waals surface area (Å²) in [5.74, 6) is 0.463. The zero-order chi connectivity index (χ0) is 15.4. The minimum atomic E-state index is -0.307. The summed E-state index contributed by atoms with van der Waals surface area (Å²) < 4.78 is 6.61. The van der Waals surface area contributed by atoms with Crippen molar-refractivity contribution in [1.29, 1.82) is 0 Å². The van der Waals surface area contributed by atoms with Crippen LogP contribution in [0.3, 0.4) is 0 Å². The number of rotatable bonds is 5. The van der Waals surface area contributed by atoms with Gasteiger partial charge in [0.2, 0.25) is 5.88 Å². The fourth-order valence-corrected chi connectivity index (χ4v) is 2.73. The molecule has 0 fully saturated rings. The van der Waals surface area contributed by atoms with Gasteiger partial charge in [0.1, 0.15) is 5.75 Å². The zero-order valence-electron chi connectivity index (χ0n) is 12.2. The van der Waals surface area contributed by atoms with E-state index in [0.29, 0.717) is 16.1 Å². The summed E-state index contributed by atoms with van der Waals surface area (Å²) >= 11 is 1.46. The molecule has 0 radical (unpaired) electrons. The first-order valence-corrected chi connectivity index (χ1v) is 7.57. The molecule has 6 heteroatoms. The van der Waals surface area contributed by atoms with E-state index in [0.717, 1.165) is 18.2 Å². The molecule has 0 aliphatic carbocycles. The maximum absolute atomic E-state index is 12.2. The molecule has 0 saturated heterocycles.